The number of thioether (sulfide) groups is 1. The molecule has 96 valence electrons. The first kappa shape index (κ1) is 12.9. The second-order valence-electron chi connectivity index (χ2n) is 3.68. The summed E-state index contributed by atoms with van der Waals surface area (Å²) in [6, 6.07) is 7.69. The Morgan fingerprint density at radius 2 is 2.00 bits per heavy atom. The van der Waals surface area contributed by atoms with Crippen LogP contribution >= 0.6 is 11.8 Å². The highest BCUT2D eigenvalue weighted by Crippen LogP contribution is 2.28. The molecule has 0 spiro atoms. The van der Waals surface area contributed by atoms with Gasteiger partial charge in [0, 0.05) is 5.75 Å². The number of nitrogens with zero attached hydrogens (tertiary/aromatic N) is 2. The molecule has 0 aliphatic rings. The van der Waals surface area contributed by atoms with E-state index in [1.54, 1.807) is 0 Å². The van der Waals surface area contributed by atoms with Gasteiger partial charge in [-0.25, -0.2) is 0 Å². The monoisotopic (exact) mass is 273 g/mol. The molecule has 0 aliphatic carbocycles. The third-order valence-electron chi connectivity index (χ3n) is 2.35. The molecule has 0 fully saturated rings. The van der Waals surface area contributed by atoms with Gasteiger partial charge in [-0.15, -0.1) is 5.10 Å². The second kappa shape index (κ2) is 5.01. The molecule has 0 bridgehead atoms. The third-order valence-corrected chi connectivity index (χ3v) is 3.25. The molecule has 1 heterocycles. The van der Waals surface area contributed by atoms with Gasteiger partial charge >= 0.3 is 6.18 Å². The van der Waals surface area contributed by atoms with Gasteiger partial charge in [-0.05, 0) is 18.1 Å². The van der Waals surface area contributed by atoms with Crippen LogP contribution in [-0.2, 0) is 11.9 Å². The van der Waals surface area contributed by atoms with Crippen molar-refractivity contribution in [2.75, 3.05) is 0 Å². The highest BCUT2D eigenvalue weighted by Gasteiger charge is 2.35. The van der Waals surface area contributed by atoms with Crippen LogP contribution in [0.25, 0.3) is 0 Å². The lowest BCUT2D eigenvalue weighted by molar-refractivity contribution is -0.144. The molecule has 1 N–H and O–H groups in total. The summed E-state index contributed by atoms with van der Waals surface area (Å²) in [5.74, 6) is -0.517. The Bertz CT molecular complexity index is 536. The number of H-pyrrole nitrogens is 1. The van der Waals surface area contributed by atoms with Crippen LogP contribution in [0.4, 0.5) is 13.2 Å². The maximum Gasteiger partial charge on any atom is 0.451 e. The Labute approximate surface area is 106 Å². The summed E-state index contributed by atoms with van der Waals surface area (Å²) in [7, 11) is 0. The van der Waals surface area contributed by atoms with Crippen molar-refractivity contribution in [3.05, 3.63) is 41.2 Å². The standard InChI is InChI=1S/C11H10F3N3S/c1-7-4-2-3-5-8(7)6-18-10-15-9(16-17-10)11(12,13)14/h2-5H,6H2,1H3,(H,15,16,17). The Morgan fingerprint density at radius 3 is 2.61 bits per heavy atom. The third kappa shape index (κ3) is 3.04. The summed E-state index contributed by atoms with van der Waals surface area (Å²) < 4.78 is 36.9. The minimum atomic E-state index is -4.48. The van der Waals surface area contributed by atoms with Gasteiger partial charge in [0.15, 0.2) is 0 Å². The number of aryl methyl sites for hydroxylation is 1. The summed E-state index contributed by atoms with van der Waals surface area (Å²) in [6.07, 6.45) is -4.48. The lowest BCUT2D eigenvalue weighted by Crippen LogP contribution is -2.07. The fourth-order valence-electron chi connectivity index (χ4n) is 1.35. The lowest BCUT2D eigenvalue weighted by atomic mass is 10.1. The first-order valence-corrected chi connectivity index (χ1v) is 6.12. The van der Waals surface area contributed by atoms with Crippen LogP contribution in [0.2, 0.25) is 0 Å². The van der Waals surface area contributed by atoms with Gasteiger partial charge in [-0.2, -0.15) is 18.2 Å². The zero-order valence-electron chi connectivity index (χ0n) is 9.45. The maximum absolute atomic E-state index is 12.3. The normalized spacial score (nSPS) is 11.8. The van der Waals surface area contributed by atoms with Crippen molar-refractivity contribution in [2.45, 2.75) is 24.0 Å². The molecule has 18 heavy (non-hydrogen) atoms. The number of hydrogen-bond acceptors (Lipinski definition) is 3. The molecule has 2 rings (SSSR count). The lowest BCUT2D eigenvalue weighted by Gasteiger charge is -2.02. The van der Waals surface area contributed by atoms with Crippen LogP contribution in [0.15, 0.2) is 29.4 Å². The van der Waals surface area contributed by atoms with Crippen LogP contribution in [0.5, 0.6) is 0 Å². The number of hydrogen-bond donors (Lipinski definition) is 1. The quantitative estimate of drug-likeness (QED) is 0.871. The highest BCUT2D eigenvalue weighted by atomic mass is 32.2. The summed E-state index contributed by atoms with van der Waals surface area (Å²) in [4.78, 5) is 3.40. The van der Waals surface area contributed by atoms with E-state index in [0.29, 0.717) is 5.75 Å². The number of benzene rings is 1. The molecular weight excluding hydrogens is 263 g/mol. The molecule has 2 aromatic rings. The Kier molecular flexibility index (Phi) is 3.60. The zero-order valence-corrected chi connectivity index (χ0v) is 10.3. The van der Waals surface area contributed by atoms with Gasteiger partial charge in [0.25, 0.3) is 0 Å². The number of halogens is 3. The molecule has 0 aliphatic heterocycles. The average Bonchev–Trinajstić information content (AvgIpc) is 2.76. The highest BCUT2D eigenvalue weighted by molar-refractivity contribution is 7.98. The Hall–Kier alpha value is -1.50. The summed E-state index contributed by atoms with van der Waals surface area (Å²) in [5.41, 5.74) is 2.15. The number of nitrogens with one attached hydrogen (secondary N) is 1. The fourth-order valence-corrected chi connectivity index (χ4v) is 2.23. The first-order chi connectivity index (χ1) is 8.47. The number of aromatic amines is 1. The molecule has 0 atom stereocenters. The topological polar surface area (TPSA) is 41.6 Å². The molecule has 0 amide bonds. The van der Waals surface area contributed by atoms with Crippen LogP contribution in [0.3, 0.4) is 0 Å². The maximum atomic E-state index is 12.3. The minimum Gasteiger partial charge on any atom is -0.254 e. The molecule has 0 unspecified atom stereocenters. The van der Waals surface area contributed by atoms with Crippen molar-refractivity contribution in [1.82, 2.24) is 15.2 Å². The molecule has 1 aromatic heterocycles. The van der Waals surface area contributed by atoms with Crippen LogP contribution in [-0.4, -0.2) is 15.2 Å². The van der Waals surface area contributed by atoms with E-state index in [0.717, 1.165) is 11.1 Å². The molecule has 0 radical (unpaired) electrons. The van der Waals surface area contributed by atoms with Crippen molar-refractivity contribution in [2.24, 2.45) is 0 Å². The van der Waals surface area contributed by atoms with E-state index in [1.807, 2.05) is 36.3 Å². The van der Waals surface area contributed by atoms with Gasteiger partial charge < -0.3 is 0 Å². The SMILES string of the molecule is Cc1ccccc1CSc1n[nH]c(C(F)(F)F)n1. The first-order valence-electron chi connectivity index (χ1n) is 5.14. The molecular formula is C11H10F3N3S. The van der Waals surface area contributed by atoms with E-state index in [2.05, 4.69) is 10.1 Å². The van der Waals surface area contributed by atoms with Crippen molar-refractivity contribution in [3.8, 4) is 0 Å². The van der Waals surface area contributed by atoms with E-state index >= 15 is 0 Å². The molecule has 7 heteroatoms. The predicted molar refractivity (Wildman–Crippen MR) is 62.1 cm³/mol. The van der Waals surface area contributed by atoms with Gasteiger partial charge in [-0.1, -0.05) is 36.0 Å². The molecule has 3 nitrogen and oxygen atoms in total. The molecule has 1 aromatic carbocycles. The van der Waals surface area contributed by atoms with Crippen LogP contribution in [0.1, 0.15) is 17.0 Å². The minimum absolute atomic E-state index is 0.102. The largest absolute Gasteiger partial charge is 0.451 e. The van der Waals surface area contributed by atoms with Gasteiger partial charge in [0.1, 0.15) is 0 Å². The zero-order chi connectivity index (χ0) is 13.2. The predicted octanol–water partition coefficient (Wildman–Crippen LogP) is 3.42. The summed E-state index contributed by atoms with van der Waals surface area (Å²) in [5, 5.41) is 5.53. The Balaban J connectivity index is 2.03. The van der Waals surface area contributed by atoms with Gasteiger partial charge in [0.2, 0.25) is 11.0 Å². The number of rotatable bonds is 3. The van der Waals surface area contributed by atoms with Crippen LogP contribution < -0.4 is 0 Å². The van der Waals surface area contributed by atoms with Crippen molar-refractivity contribution < 1.29 is 13.2 Å². The van der Waals surface area contributed by atoms with Crippen molar-refractivity contribution >= 4 is 11.8 Å². The van der Waals surface area contributed by atoms with Crippen LogP contribution in [0, 0.1) is 6.92 Å². The molecule has 0 saturated carbocycles. The smallest absolute Gasteiger partial charge is 0.254 e. The Morgan fingerprint density at radius 1 is 1.28 bits per heavy atom. The number of alkyl halides is 3. The fraction of sp³-hybridized carbons (Fsp3) is 0.273. The van der Waals surface area contributed by atoms with Gasteiger partial charge in [0.05, 0.1) is 0 Å². The van der Waals surface area contributed by atoms with E-state index < -0.39 is 12.0 Å². The number of aromatic nitrogens is 3. The van der Waals surface area contributed by atoms with E-state index in [4.69, 9.17) is 0 Å². The van der Waals surface area contributed by atoms with Crippen molar-refractivity contribution in [3.63, 3.8) is 0 Å². The summed E-state index contributed by atoms with van der Waals surface area (Å²) >= 11 is 1.17. The average molecular weight is 273 g/mol. The molecule has 0 saturated heterocycles. The van der Waals surface area contributed by atoms with Crippen molar-refractivity contribution in [1.29, 1.82) is 0 Å². The van der Waals surface area contributed by atoms with E-state index in [1.165, 1.54) is 11.8 Å². The summed E-state index contributed by atoms with van der Waals surface area (Å²) in [6.45, 7) is 1.95. The van der Waals surface area contributed by atoms with E-state index in [-0.39, 0.29) is 5.16 Å². The van der Waals surface area contributed by atoms with E-state index in [9.17, 15) is 13.2 Å². The van der Waals surface area contributed by atoms with Gasteiger partial charge in [-0.3, -0.25) is 5.10 Å². The second-order valence-corrected chi connectivity index (χ2v) is 4.62.